The molecule has 1 aromatic carbocycles. The van der Waals surface area contributed by atoms with E-state index in [0.29, 0.717) is 0 Å². The molecule has 1 aliphatic heterocycles. The van der Waals surface area contributed by atoms with Gasteiger partial charge in [0.05, 0.1) is 5.36 Å². The van der Waals surface area contributed by atoms with E-state index < -0.39 is 0 Å². The van der Waals surface area contributed by atoms with Gasteiger partial charge in [0.25, 0.3) is 0 Å². The van der Waals surface area contributed by atoms with E-state index in [4.69, 9.17) is 4.42 Å². The van der Waals surface area contributed by atoms with E-state index in [-0.39, 0.29) is 0 Å². The van der Waals surface area contributed by atoms with Gasteiger partial charge >= 0.3 is 0 Å². The third kappa shape index (κ3) is 3.55. The molecule has 140 valence electrons. The average Bonchev–Trinajstić information content (AvgIpc) is 2.62. The summed E-state index contributed by atoms with van der Waals surface area (Å²) in [5.74, 6) is 0.860. The number of aryl methyl sites for hydroxylation is 2. The zero-order valence-corrected chi connectivity index (χ0v) is 16.9. The SMILES string of the molecule is C=C/C=C(\C)c1c2cc(C)c(=NCC)cc-2oc2cc(NCC)c(C)cc12. The number of hydrogen-bond donors (Lipinski definition) is 1. The molecule has 0 saturated heterocycles. The van der Waals surface area contributed by atoms with Crippen LogP contribution in [-0.2, 0) is 0 Å². The summed E-state index contributed by atoms with van der Waals surface area (Å²) in [5, 5.41) is 5.53. The molecule has 0 atom stereocenters. The van der Waals surface area contributed by atoms with E-state index in [1.54, 1.807) is 0 Å². The normalized spacial score (nSPS) is 12.8. The van der Waals surface area contributed by atoms with Crippen molar-refractivity contribution in [2.75, 3.05) is 18.4 Å². The third-order valence-corrected chi connectivity index (χ3v) is 4.84. The predicted molar refractivity (Wildman–Crippen MR) is 116 cm³/mol. The predicted octanol–water partition coefficient (Wildman–Crippen LogP) is 6.10. The summed E-state index contributed by atoms with van der Waals surface area (Å²) in [5.41, 5.74) is 7.83. The maximum atomic E-state index is 6.35. The quantitative estimate of drug-likeness (QED) is 0.441. The summed E-state index contributed by atoms with van der Waals surface area (Å²) < 4.78 is 6.35. The van der Waals surface area contributed by atoms with Crippen LogP contribution in [0.5, 0.6) is 0 Å². The monoisotopic (exact) mass is 360 g/mol. The first kappa shape index (κ1) is 19.0. The minimum atomic E-state index is 0.756. The molecule has 1 heterocycles. The van der Waals surface area contributed by atoms with E-state index in [1.165, 1.54) is 16.7 Å². The van der Waals surface area contributed by atoms with Gasteiger partial charge in [-0.2, -0.15) is 0 Å². The van der Waals surface area contributed by atoms with E-state index >= 15 is 0 Å². The first-order valence-corrected chi connectivity index (χ1v) is 9.56. The second-order valence-electron chi connectivity index (χ2n) is 6.87. The molecule has 3 heteroatoms. The van der Waals surface area contributed by atoms with Crippen molar-refractivity contribution in [1.82, 2.24) is 0 Å². The second-order valence-corrected chi connectivity index (χ2v) is 6.87. The van der Waals surface area contributed by atoms with E-state index in [1.807, 2.05) is 6.08 Å². The van der Waals surface area contributed by atoms with Crippen LogP contribution in [0.25, 0.3) is 27.9 Å². The van der Waals surface area contributed by atoms with Crippen molar-refractivity contribution >= 4 is 22.2 Å². The van der Waals surface area contributed by atoms with Crippen molar-refractivity contribution in [1.29, 1.82) is 0 Å². The topological polar surface area (TPSA) is 37.5 Å². The number of anilines is 1. The lowest BCUT2D eigenvalue weighted by molar-refractivity contribution is 0.617. The molecule has 0 bridgehead atoms. The Hall–Kier alpha value is -2.81. The van der Waals surface area contributed by atoms with Crippen molar-refractivity contribution in [2.45, 2.75) is 34.6 Å². The Morgan fingerprint density at radius 1 is 1.15 bits per heavy atom. The lowest BCUT2D eigenvalue weighted by atomic mass is 9.92. The Kier molecular flexibility index (Phi) is 5.50. The zero-order chi connectivity index (χ0) is 19.6. The van der Waals surface area contributed by atoms with Crippen LogP contribution in [0.15, 0.2) is 52.4 Å². The van der Waals surface area contributed by atoms with Gasteiger partial charge in [-0.05, 0) is 69.0 Å². The van der Waals surface area contributed by atoms with Crippen molar-refractivity contribution < 1.29 is 4.42 Å². The number of nitrogens with zero attached hydrogens (tertiary/aromatic N) is 1. The van der Waals surface area contributed by atoms with Gasteiger partial charge in [-0.1, -0.05) is 18.7 Å². The Morgan fingerprint density at radius 2 is 1.93 bits per heavy atom. The Bertz CT molecular complexity index is 1070. The van der Waals surface area contributed by atoms with Crippen LogP contribution in [0, 0.1) is 13.8 Å². The van der Waals surface area contributed by atoms with Crippen LogP contribution in [-0.4, -0.2) is 13.1 Å². The second kappa shape index (κ2) is 7.83. The van der Waals surface area contributed by atoms with Gasteiger partial charge in [0.15, 0.2) is 0 Å². The maximum absolute atomic E-state index is 6.35. The molecule has 1 aliphatic carbocycles. The summed E-state index contributed by atoms with van der Waals surface area (Å²) in [6, 6.07) is 8.57. The number of allylic oxidation sites excluding steroid dienone is 3. The highest BCUT2D eigenvalue weighted by molar-refractivity contribution is 5.99. The molecule has 27 heavy (non-hydrogen) atoms. The Morgan fingerprint density at radius 3 is 2.59 bits per heavy atom. The van der Waals surface area contributed by atoms with Gasteiger partial charge in [-0.3, -0.25) is 4.99 Å². The molecular weight excluding hydrogens is 332 g/mol. The molecule has 1 N–H and O–H groups in total. The Labute approximate surface area is 161 Å². The number of nitrogens with one attached hydrogen (secondary N) is 1. The van der Waals surface area contributed by atoms with Gasteiger partial charge in [-0.25, -0.2) is 0 Å². The van der Waals surface area contributed by atoms with Crippen LogP contribution in [0.1, 0.15) is 37.5 Å². The van der Waals surface area contributed by atoms with Crippen molar-refractivity contribution in [2.24, 2.45) is 4.99 Å². The molecule has 0 spiro atoms. The molecule has 1 aromatic rings. The van der Waals surface area contributed by atoms with Gasteiger partial charge in [-0.15, -0.1) is 0 Å². The molecule has 0 amide bonds. The Balaban J connectivity index is 2.48. The lowest BCUT2D eigenvalue weighted by Crippen LogP contribution is -2.09. The fourth-order valence-electron chi connectivity index (χ4n) is 3.60. The molecule has 0 unspecified atom stereocenters. The standard InChI is InChI=1S/C24H28N2O/c1-7-10-15(4)24-18-11-16(5)20(25-8-2)13-22(18)27-23-14-21(26-9-3)17(6)12-19(23)24/h7,10-14,25H,1,8-9H2,2-6H3/b15-10+,26-21?. The summed E-state index contributed by atoms with van der Waals surface area (Å²) in [7, 11) is 0. The molecule has 0 radical (unpaired) electrons. The van der Waals surface area contributed by atoms with Crippen molar-refractivity contribution in [3.8, 4) is 11.3 Å². The first-order chi connectivity index (χ1) is 13.0. The smallest absolute Gasteiger partial charge is 0.137 e. The fraction of sp³-hybridized carbons (Fsp3) is 0.292. The number of fused-ring (bicyclic) bond motifs is 2. The summed E-state index contributed by atoms with van der Waals surface area (Å²) >= 11 is 0. The highest BCUT2D eigenvalue weighted by Gasteiger charge is 2.18. The molecule has 0 saturated carbocycles. The van der Waals surface area contributed by atoms with Crippen LogP contribution >= 0.6 is 0 Å². The zero-order valence-electron chi connectivity index (χ0n) is 16.9. The molecular formula is C24H28N2O. The van der Waals surface area contributed by atoms with Crippen LogP contribution in [0.2, 0.25) is 0 Å². The molecule has 0 fully saturated rings. The third-order valence-electron chi connectivity index (χ3n) is 4.84. The van der Waals surface area contributed by atoms with E-state index in [2.05, 4.69) is 81.8 Å². The summed E-state index contributed by atoms with van der Waals surface area (Å²) in [6.45, 7) is 16.0. The highest BCUT2D eigenvalue weighted by atomic mass is 16.3. The van der Waals surface area contributed by atoms with Crippen molar-refractivity contribution in [3.05, 3.63) is 65.0 Å². The largest absolute Gasteiger partial charge is 0.456 e. The molecule has 0 aromatic heterocycles. The minimum Gasteiger partial charge on any atom is -0.456 e. The van der Waals surface area contributed by atoms with E-state index in [9.17, 15) is 0 Å². The van der Waals surface area contributed by atoms with Crippen LogP contribution in [0.3, 0.4) is 0 Å². The van der Waals surface area contributed by atoms with Gasteiger partial charge in [0, 0.05) is 41.9 Å². The summed E-state index contributed by atoms with van der Waals surface area (Å²) in [4.78, 5) is 4.61. The summed E-state index contributed by atoms with van der Waals surface area (Å²) in [6.07, 6.45) is 3.89. The molecule has 2 aliphatic rings. The first-order valence-electron chi connectivity index (χ1n) is 9.56. The van der Waals surface area contributed by atoms with Gasteiger partial charge in [0.2, 0.25) is 0 Å². The van der Waals surface area contributed by atoms with Crippen molar-refractivity contribution in [3.63, 3.8) is 0 Å². The molecule has 3 rings (SSSR count). The average molecular weight is 361 g/mol. The van der Waals surface area contributed by atoms with Gasteiger partial charge < -0.3 is 9.73 Å². The van der Waals surface area contributed by atoms with Crippen LogP contribution in [0.4, 0.5) is 5.69 Å². The fourth-order valence-corrected chi connectivity index (χ4v) is 3.60. The highest BCUT2D eigenvalue weighted by Crippen LogP contribution is 2.39. The number of benzene rings is 2. The number of hydrogen-bond acceptors (Lipinski definition) is 3. The minimum absolute atomic E-state index is 0.756. The number of rotatable bonds is 5. The van der Waals surface area contributed by atoms with Gasteiger partial charge in [0.1, 0.15) is 11.3 Å². The molecule has 3 nitrogen and oxygen atoms in total. The maximum Gasteiger partial charge on any atom is 0.137 e. The van der Waals surface area contributed by atoms with Crippen LogP contribution < -0.4 is 10.7 Å². The lowest BCUT2D eigenvalue weighted by Gasteiger charge is -2.18. The van der Waals surface area contributed by atoms with E-state index in [0.717, 1.165) is 52.0 Å².